The molecule has 0 saturated heterocycles. The maximum Gasteiger partial charge on any atom is 0.319 e. The Morgan fingerprint density at radius 1 is 1.30 bits per heavy atom. The molecule has 0 fully saturated rings. The van der Waals surface area contributed by atoms with Crippen LogP contribution in [0.3, 0.4) is 0 Å². The second kappa shape index (κ2) is 6.51. The van der Waals surface area contributed by atoms with E-state index in [-0.39, 0.29) is 17.8 Å². The van der Waals surface area contributed by atoms with Gasteiger partial charge in [-0.2, -0.15) is 4.98 Å². The van der Waals surface area contributed by atoms with Crippen LogP contribution in [0.15, 0.2) is 30.5 Å². The molecule has 20 heavy (non-hydrogen) atoms. The quantitative estimate of drug-likeness (QED) is 0.819. The van der Waals surface area contributed by atoms with E-state index < -0.39 is 0 Å². The number of halogens is 1. The molecule has 7 heteroatoms. The van der Waals surface area contributed by atoms with Crippen molar-refractivity contribution in [3.8, 4) is 11.9 Å². The zero-order chi connectivity index (χ0) is 14.5. The van der Waals surface area contributed by atoms with Crippen LogP contribution in [0, 0.1) is 3.57 Å². The Bertz CT molecular complexity index is 634. The summed E-state index contributed by atoms with van der Waals surface area (Å²) in [5, 5.41) is 2.71. The molecule has 1 aromatic carbocycles. The number of nitrogens with zero attached hydrogens (tertiary/aromatic N) is 2. The summed E-state index contributed by atoms with van der Waals surface area (Å²) in [5.41, 5.74) is 0.937. The van der Waals surface area contributed by atoms with Crippen molar-refractivity contribution >= 4 is 34.2 Å². The van der Waals surface area contributed by atoms with Crippen LogP contribution in [-0.4, -0.2) is 30.1 Å². The van der Waals surface area contributed by atoms with Gasteiger partial charge in [-0.1, -0.05) is 6.07 Å². The summed E-state index contributed by atoms with van der Waals surface area (Å²) in [7, 11) is 2.92. The van der Waals surface area contributed by atoms with Crippen LogP contribution in [0.4, 0.5) is 5.69 Å². The van der Waals surface area contributed by atoms with Crippen LogP contribution in [0.5, 0.6) is 11.9 Å². The first-order valence-corrected chi connectivity index (χ1v) is 6.74. The van der Waals surface area contributed by atoms with Crippen LogP contribution in [0.1, 0.15) is 10.4 Å². The van der Waals surface area contributed by atoms with Gasteiger partial charge in [-0.3, -0.25) is 4.79 Å². The molecular formula is C13H12IN3O3. The summed E-state index contributed by atoms with van der Waals surface area (Å²) in [6, 6.07) is 7.42. The number of aromatic nitrogens is 2. The minimum absolute atomic E-state index is 0.175. The topological polar surface area (TPSA) is 73.3 Å². The van der Waals surface area contributed by atoms with E-state index in [1.165, 1.54) is 20.4 Å². The largest absolute Gasteiger partial charge is 0.479 e. The monoisotopic (exact) mass is 385 g/mol. The maximum absolute atomic E-state index is 12.1. The summed E-state index contributed by atoms with van der Waals surface area (Å²) < 4.78 is 11.0. The average Bonchev–Trinajstić information content (AvgIpc) is 2.47. The molecule has 1 N–H and O–H groups in total. The van der Waals surface area contributed by atoms with E-state index in [4.69, 9.17) is 9.47 Å². The van der Waals surface area contributed by atoms with Gasteiger partial charge in [0.25, 0.3) is 5.91 Å². The van der Waals surface area contributed by atoms with Crippen LogP contribution in [-0.2, 0) is 0 Å². The highest BCUT2D eigenvalue weighted by Gasteiger charge is 2.12. The zero-order valence-electron chi connectivity index (χ0n) is 10.9. The number of nitrogens with one attached hydrogen (secondary N) is 1. The average molecular weight is 385 g/mol. The number of amides is 1. The lowest BCUT2D eigenvalue weighted by Gasteiger charge is -2.09. The molecule has 0 unspecified atom stereocenters. The minimum atomic E-state index is -0.254. The van der Waals surface area contributed by atoms with Crippen LogP contribution < -0.4 is 14.8 Å². The number of carbonyl (C=O) groups is 1. The van der Waals surface area contributed by atoms with E-state index in [0.29, 0.717) is 11.3 Å². The van der Waals surface area contributed by atoms with Crippen LogP contribution in [0.25, 0.3) is 0 Å². The third-order valence-corrected chi connectivity index (χ3v) is 3.11. The van der Waals surface area contributed by atoms with Crippen molar-refractivity contribution in [2.24, 2.45) is 0 Å². The van der Waals surface area contributed by atoms with E-state index in [9.17, 15) is 4.79 Å². The lowest BCUT2D eigenvalue weighted by atomic mass is 10.2. The van der Waals surface area contributed by atoms with E-state index in [1.807, 2.05) is 12.1 Å². The molecule has 1 heterocycles. The van der Waals surface area contributed by atoms with Crippen molar-refractivity contribution in [2.75, 3.05) is 19.5 Å². The van der Waals surface area contributed by atoms with Crippen LogP contribution >= 0.6 is 22.6 Å². The molecule has 6 nitrogen and oxygen atoms in total. The summed E-state index contributed by atoms with van der Waals surface area (Å²) in [6.07, 6.45) is 1.44. The number of ether oxygens (including phenoxy) is 2. The Hall–Kier alpha value is -1.90. The summed E-state index contributed by atoms with van der Waals surface area (Å²) in [4.78, 5) is 20.1. The fourth-order valence-electron chi connectivity index (χ4n) is 1.51. The summed E-state index contributed by atoms with van der Waals surface area (Å²) >= 11 is 2.15. The van der Waals surface area contributed by atoms with Crippen molar-refractivity contribution in [1.29, 1.82) is 0 Å². The van der Waals surface area contributed by atoms with Gasteiger partial charge in [0.15, 0.2) is 0 Å². The molecule has 0 atom stereocenters. The molecule has 1 aromatic heterocycles. The number of hydrogen-bond acceptors (Lipinski definition) is 5. The highest BCUT2D eigenvalue weighted by molar-refractivity contribution is 14.1. The highest BCUT2D eigenvalue weighted by Crippen LogP contribution is 2.23. The predicted molar refractivity (Wildman–Crippen MR) is 82.2 cm³/mol. The Kier molecular flexibility index (Phi) is 4.72. The molecule has 2 aromatic rings. The Morgan fingerprint density at radius 2 is 2.10 bits per heavy atom. The lowest BCUT2D eigenvalue weighted by molar-refractivity contribution is 0.102. The highest BCUT2D eigenvalue weighted by atomic mass is 127. The molecule has 0 aliphatic carbocycles. The number of anilines is 1. The molecule has 0 aliphatic rings. The van der Waals surface area contributed by atoms with Crippen molar-refractivity contribution in [1.82, 2.24) is 9.97 Å². The van der Waals surface area contributed by atoms with Crippen LogP contribution in [0.2, 0.25) is 0 Å². The predicted octanol–water partition coefficient (Wildman–Crippen LogP) is 2.35. The SMILES string of the molecule is COc1ncc(NC(=O)c2cccc(I)c2)c(OC)n1. The van der Waals surface area contributed by atoms with Gasteiger partial charge < -0.3 is 14.8 Å². The van der Waals surface area contributed by atoms with Crippen molar-refractivity contribution in [3.05, 3.63) is 39.6 Å². The van der Waals surface area contributed by atoms with E-state index in [1.54, 1.807) is 12.1 Å². The number of rotatable bonds is 4. The van der Waals surface area contributed by atoms with Crippen molar-refractivity contribution in [3.63, 3.8) is 0 Å². The first kappa shape index (κ1) is 14.5. The van der Waals surface area contributed by atoms with Gasteiger partial charge in [0.2, 0.25) is 5.88 Å². The third kappa shape index (κ3) is 3.35. The first-order valence-electron chi connectivity index (χ1n) is 5.66. The Morgan fingerprint density at radius 3 is 2.75 bits per heavy atom. The molecule has 1 amide bonds. The van der Waals surface area contributed by atoms with E-state index in [0.717, 1.165) is 3.57 Å². The van der Waals surface area contributed by atoms with Gasteiger partial charge in [-0.05, 0) is 40.8 Å². The third-order valence-electron chi connectivity index (χ3n) is 2.44. The standard InChI is InChI=1S/C13H12IN3O3/c1-19-12-10(7-15-13(17-12)20-2)16-11(18)8-4-3-5-9(14)6-8/h3-7H,1-2H3,(H,16,18). The summed E-state index contributed by atoms with van der Waals surface area (Å²) in [6.45, 7) is 0. The molecule has 0 bridgehead atoms. The van der Waals surface area contributed by atoms with E-state index >= 15 is 0 Å². The van der Waals surface area contributed by atoms with Gasteiger partial charge in [0, 0.05) is 9.13 Å². The second-order valence-corrected chi connectivity index (χ2v) is 4.99. The normalized spacial score (nSPS) is 9.95. The maximum atomic E-state index is 12.1. The number of hydrogen-bond donors (Lipinski definition) is 1. The smallest absolute Gasteiger partial charge is 0.319 e. The molecule has 0 radical (unpaired) electrons. The van der Waals surface area contributed by atoms with Gasteiger partial charge in [-0.25, -0.2) is 4.98 Å². The van der Waals surface area contributed by atoms with E-state index in [2.05, 4.69) is 37.9 Å². The minimum Gasteiger partial charge on any atom is -0.479 e. The second-order valence-electron chi connectivity index (χ2n) is 3.74. The van der Waals surface area contributed by atoms with Crippen molar-refractivity contribution in [2.45, 2.75) is 0 Å². The van der Waals surface area contributed by atoms with Gasteiger partial charge >= 0.3 is 6.01 Å². The van der Waals surface area contributed by atoms with Gasteiger partial charge in [-0.15, -0.1) is 0 Å². The molecule has 2 rings (SSSR count). The van der Waals surface area contributed by atoms with Gasteiger partial charge in [0.1, 0.15) is 5.69 Å². The summed E-state index contributed by atoms with van der Waals surface area (Å²) in [5.74, 6) is -0.00795. The Balaban J connectivity index is 2.23. The van der Waals surface area contributed by atoms with Crippen molar-refractivity contribution < 1.29 is 14.3 Å². The fraction of sp³-hybridized carbons (Fsp3) is 0.154. The molecule has 0 saturated carbocycles. The van der Waals surface area contributed by atoms with Gasteiger partial charge in [0.05, 0.1) is 20.4 Å². The molecule has 0 spiro atoms. The molecule has 0 aliphatic heterocycles. The number of benzene rings is 1. The number of methoxy groups -OCH3 is 2. The Labute approximate surface area is 129 Å². The lowest BCUT2D eigenvalue weighted by Crippen LogP contribution is -2.13. The molecule has 104 valence electrons. The fourth-order valence-corrected chi connectivity index (χ4v) is 2.06. The number of carbonyl (C=O) groups excluding carboxylic acids is 1. The molecular weight excluding hydrogens is 373 g/mol. The first-order chi connectivity index (χ1) is 9.63. The zero-order valence-corrected chi connectivity index (χ0v) is 13.0.